The van der Waals surface area contributed by atoms with Crippen molar-refractivity contribution >= 4 is 6.29 Å². The van der Waals surface area contributed by atoms with Gasteiger partial charge in [-0.2, -0.15) is 13.8 Å². The van der Waals surface area contributed by atoms with Gasteiger partial charge in [0.2, 0.25) is 0 Å². The zero-order valence-electron chi connectivity index (χ0n) is 15.6. The van der Waals surface area contributed by atoms with Gasteiger partial charge in [-0.3, -0.25) is 0 Å². The van der Waals surface area contributed by atoms with Crippen LogP contribution in [0, 0.1) is 17.3 Å². The van der Waals surface area contributed by atoms with Gasteiger partial charge in [0, 0.05) is 55.1 Å². The van der Waals surface area contributed by atoms with Crippen molar-refractivity contribution in [3.63, 3.8) is 0 Å². The summed E-state index contributed by atoms with van der Waals surface area (Å²) < 4.78 is 0. The SMILES string of the molecule is CC(C)(C)CC(C)(C)CN1CCN(C[C-]=O)CC1.C[CH-]C.[Au]. The molecule has 1 fully saturated rings. The van der Waals surface area contributed by atoms with Gasteiger partial charge in [-0.05, 0) is 17.3 Å². The van der Waals surface area contributed by atoms with Crippen LogP contribution in [0.2, 0.25) is 0 Å². The van der Waals surface area contributed by atoms with Crippen LogP contribution >= 0.6 is 0 Å². The first-order valence-corrected chi connectivity index (χ1v) is 8.17. The van der Waals surface area contributed by atoms with E-state index in [1.165, 1.54) is 6.42 Å². The third-order valence-electron chi connectivity index (χ3n) is 3.41. The van der Waals surface area contributed by atoms with E-state index in [1.807, 2.05) is 26.6 Å². The second kappa shape index (κ2) is 11.8. The maximum atomic E-state index is 10.4. The van der Waals surface area contributed by atoms with Crippen molar-refractivity contribution in [2.75, 3.05) is 39.3 Å². The van der Waals surface area contributed by atoms with Crippen molar-refractivity contribution in [3.8, 4) is 0 Å². The minimum atomic E-state index is 0. The average Bonchev–Trinajstić information content (AvgIpc) is 2.29. The first-order chi connectivity index (χ1) is 9.63. The zero-order chi connectivity index (χ0) is 16.5. The zero-order valence-corrected chi connectivity index (χ0v) is 17.8. The van der Waals surface area contributed by atoms with Crippen molar-refractivity contribution in [3.05, 3.63) is 6.42 Å². The molecule has 1 heterocycles. The largest absolute Gasteiger partial charge is 0.541 e. The standard InChI is InChI=1S/C15H29N2O.C3H7.Au/c1-14(2,3)12-15(4,5)13-17-8-6-16(7-9-17)10-11-18;1-3-2;/h6-10,12-13H2,1-5H3;3H,1-2H3;/q2*-1;. The second-order valence-electron chi connectivity index (χ2n) is 8.18. The summed E-state index contributed by atoms with van der Waals surface area (Å²) in [6, 6.07) is 0. The first-order valence-electron chi connectivity index (χ1n) is 8.17. The Kier molecular flexibility index (Phi) is 13.2. The van der Waals surface area contributed by atoms with Gasteiger partial charge < -0.3 is 21.0 Å². The normalized spacial score (nSPS) is 17.2. The molecule has 0 amide bonds. The number of rotatable bonds is 5. The maximum absolute atomic E-state index is 10.4. The third kappa shape index (κ3) is 12.8. The fraction of sp³-hybridized carbons (Fsp3) is 0.889. The Morgan fingerprint density at radius 1 is 0.955 bits per heavy atom. The predicted octanol–water partition coefficient (Wildman–Crippen LogP) is 3.40. The van der Waals surface area contributed by atoms with E-state index in [4.69, 9.17) is 0 Å². The summed E-state index contributed by atoms with van der Waals surface area (Å²) in [7, 11) is 0. The molecule has 0 saturated carbocycles. The summed E-state index contributed by atoms with van der Waals surface area (Å²) in [5.74, 6) is 0. The van der Waals surface area contributed by atoms with Crippen LogP contribution in [0.4, 0.5) is 0 Å². The minimum absolute atomic E-state index is 0. The van der Waals surface area contributed by atoms with Gasteiger partial charge in [0.25, 0.3) is 0 Å². The minimum Gasteiger partial charge on any atom is -0.541 e. The maximum Gasteiger partial charge on any atom is 0.0109 e. The van der Waals surface area contributed by atoms with Crippen LogP contribution in [0.3, 0.4) is 0 Å². The molecule has 0 aromatic rings. The van der Waals surface area contributed by atoms with Gasteiger partial charge >= 0.3 is 0 Å². The van der Waals surface area contributed by atoms with E-state index in [0.29, 0.717) is 17.4 Å². The first kappa shape index (κ1) is 24.6. The summed E-state index contributed by atoms with van der Waals surface area (Å²) in [6.45, 7) is 21.5. The molecule has 1 aliphatic heterocycles. The number of piperazine rings is 1. The molecule has 1 radical (unpaired) electrons. The average molecular weight is 493 g/mol. The Labute approximate surface area is 154 Å². The van der Waals surface area contributed by atoms with Crippen molar-refractivity contribution in [1.29, 1.82) is 0 Å². The summed E-state index contributed by atoms with van der Waals surface area (Å²) in [5, 5.41) is 0. The van der Waals surface area contributed by atoms with Crippen LogP contribution < -0.4 is 0 Å². The molecule has 0 N–H and O–H groups in total. The second-order valence-corrected chi connectivity index (χ2v) is 8.18. The van der Waals surface area contributed by atoms with Crippen LogP contribution in [0.5, 0.6) is 0 Å². The van der Waals surface area contributed by atoms with Gasteiger partial charge in [0.15, 0.2) is 0 Å². The molecule has 22 heavy (non-hydrogen) atoms. The Bertz CT molecular complexity index is 279. The molecule has 0 aromatic carbocycles. The quantitative estimate of drug-likeness (QED) is 0.434. The molecule has 0 spiro atoms. The van der Waals surface area contributed by atoms with Gasteiger partial charge in [-0.15, -0.1) is 0 Å². The molecular formula is C18H36AuN2O-2. The molecule has 0 atom stereocenters. The fourth-order valence-electron chi connectivity index (χ4n) is 3.29. The predicted molar refractivity (Wildman–Crippen MR) is 92.1 cm³/mol. The molecule has 3 nitrogen and oxygen atoms in total. The molecule has 0 aromatic heterocycles. The number of carbonyl (C=O) groups excluding carboxylic acids is 1. The van der Waals surface area contributed by atoms with Crippen molar-refractivity contribution in [2.45, 2.75) is 54.9 Å². The molecule has 0 bridgehead atoms. The molecule has 1 rings (SSSR count). The number of nitrogens with zero attached hydrogens (tertiary/aromatic N) is 2. The molecule has 137 valence electrons. The summed E-state index contributed by atoms with van der Waals surface area (Å²) >= 11 is 0. The number of hydrogen-bond donors (Lipinski definition) is 0. The van der Waals surface area contributed by atoms with E-state index in [2.05, 4.69) is 44.4 Å². The fourth-order valence-corrected chi connectivity index (χ4v) is 3.29. The Morgan fingerprint density at radius 2 is 1.36 bits per heavy atom. The van der Waals surface area contributed by atoms with Crippen LogP contribution in [0.15, 0.2) is 0 Å². The van der Waals surface area contributed by atoms with Crippen LogP contribution in [-0.4, -0.2) is 55.4 Å². The van der Waals surface area contributed by atoms with Crippen LogP contribution in [-0.2, 0) is 27.2 Å². The molecule has 4 heteroatoms. The molecule has 0 aliphatic carbocycles. The van der Waals surface area contributed by atoms with E-state index < -0.39 is 0 Å². The van der Waals surface area contributed by atoms with Crippen molar-refractivity contribution in [2.24, 2.45) is 10.8 Å². The molecule has 1 saturated heterocycles. The van der Waals surface area contributed by atoms with Gasteiger partial charge in [-0.25, -0.2) is 6.29 Å². The topological polar surface area (TPSA) is 23.6 Å². The van der Waals surface area contributed by atoms with E-state index in [-0.39, 0.29) is 22.4 Å². The Balaban J connectivity index is 0. The van der Waals surface area contributed by atoms with E-state index in [0.717, 1.165) is 32.7 Å². The summed E-state index contributed by atoms with van der Waals surface area (Å²) in [5.41, 5.74) is 0.745. The van der Waals surface area contributed by atoms with E-state index in [9.17, 15) is 4.79 Å². The van der Waals surface area contributed by atoms with Gasteiger partial charge in [0.05, 0.1) is 0 Å². The molecule has 0 unspecified atom stereocenters. The van der Waals surface area contributed by atoms with E-state index in [1.54, 1.807) is 0 Å². The monoisotopic (exact) mass is 493 g/mol. The molecular weight excluding hydrogens is 457 g/mol. The summed E-state index contributed by atoms with van der Waals surface area (Å²) in [6.07, 6.45) is 5.23. The smallest absolute Gasteiger partial charge is 0.0109 e. The number of hydrogen-bond acceptors (Lipinski definition) is 3. The summed E-state index contributed by atoms with van der Waals surface area (Å²) in [4.78, 5) is 15.1. The van der Waals surface area contributed by atoms with Crippen molar-refractivity contribution in [1.82, 2.24) is 9.80 Å². The Hall–Kier alpha value is 0.330. The third-order valence-corrected chi connectivity index (χ3v) is 3.41. The van der Waals surface area contributed by atoms with Crippen LogP contribution in [0.1, 0.15) is 54.9 Å². The van der Waals surface area contributed by atoms with Gasteiger partial charge in [-0.1, -0.05) is 41.2 Å². The van der Waals surface area contributed by atoms with Crippen LogP contribution in [0.25, 0.3) is 0 Å². The van der Waals surface area contributed by atoms with E-state index >= 15 is 0 Å². The van der Waals surface area contributed by atoms with Gasteiger partial charge in [0.1, 0.15) is 0 Å². The molecule has 1 aliphatic rings. The van der Waals surface area contributed by atoms with Crippen molar-refractivity contribution < 1.29 is 27.2 Å². The Morgan fingerprint density at radius 3 is 1.73 bits per heavy atom.